The van der Waals surface area contributed by atoms with Crippen molar-refractivity contribution in [3.8, 4) is 0 Å². The van der Waals surface area contributed by atoms with E-state index in [2.05, 4.69) is 0 Å². The molecule has 3 rings (SSSR count). The first kappa shape index (κ1) is 16.2. The average Bonchev–Trinajstić information content (AvgIpc) is 2.81. The molecule has 0 saturated carbocycles. The predicted octanol–water partition coefficient (Wildman–Crippen LogP) is 3.09. The normalized spacial score (nSPS) is 20.5. The van der Waals surface area contributed by atoms with Crippen molar-refractivity contribution in [2.45, 2.75) is 12.5 Å². The number of halogens is 1. The molecular weight excluding hydrogens is 330 g/mol. The van der Waals surface area contributed by atoms with E-state index in [-0.39, 0.29) is 0 Å². The number of nitrogens with zero attached hydrogens (tertiary/aromatic N) is 1. The highest BCUT2D eigenvalue weighted by atomic mass is 35.5. The van der Waals surface area contributed by atoms with Crippen LogP contribution in [0.2, 0.25) is 5.02 Å². The summed E-state index contributed by atoms with van der Waals surface area (Å²) in [4.78, 5) is 37.5. The molecule has 2 atom stereocenters. The molecule has 1 N–H and O–H groups in total. The number of benzene rings is 2. The summed E-state index contributed by atoms with van der Waals surface area (Å²) in [6, 6.07) is 14.8. The van der Waals surface area contributed by atoms with E-state index in [9.17, 15) is 14.4 Å². The van der Waals surface area contributed by atoms with Gasteiger partial charge in [0, 0.05) is 10.7 Å². The Morgan fingerprint density at radius 1 is 1.04 bits per heavy atom. The second-order valence-corrected chi connectivity index (χ2v) is 6.01. The molecule has 1 fully saturated rings. The van der Waals surface area contributed by atoms with Gasteiger partial charge in [-0.05, 0) is 29.8 Å². The molecule has 1 aliphatic heterocycles. The number of hydrogen-bond acceptors (Lipinski definition) is 3. The number of carbonyl (C=O) groups excluding carboxylic acids is 2. The number of Topliss-reactive ketones (excluding diaryl/α,β-unsaturated/α-hetero) is 1. The van der Waals surface area contributed by atoms with Crippen LogP contribution in [0.3, 0.4) is 0 Å². The number of amides is 1. The number of ketones is 1. The molecule has 122 valence electrons. The first-order valence-corrected chi connectivity index (χ1v) is 7.76. The van der Waals surface area contributed by atoms with E-state index in [0.29, 0.717) is 16.3 Å². The summed E-state index contributed by atoms with van der Waals surface area (Å²) in [5.74, 6) is -3.42. The highest BCUT2D eigenvalue weighted by Crippen LogP contribution is 2.41. The highest BCUT2D eigenvalue weighted by Gasteiger charge is 2.49. The van der Waals surface area contributed by atoms with Crippen molar-refractivity contribution in [1.29, 1.82) is 0 Å². The van der Waals surface area contributed by atoms with E-state index < -0.39 is 36.0 Å². The Labute approximate surface area is 143 Å². The third-order valence-electron chi connectivity index (χ3n) is 4.07. The molecule has 0 aromatic heterocycles. The van der Waals surface area contributed by atoms with Crippen LogP contribution in [-0.4, -0.2) is 22.8 Å². The van der Waals surface area contributed by atoms with Crippen molar-refractivity contribution >= 4 is 34.9 Å². The lowest BCUT2D eigenvalue weighted by Crippen LogP contribution is -2.29. The second-order valence-electron chi connectivity index (χ2n) is 5.58. The van der Waals surface area contributed by atoms with Gasteiger partial charge in [-0.3, -0.25) is 19.3 Å². The summed E-state index contributed by atoms with van der Waals surface area (Å²) >= 11 is 5.91. The number of para-hydroxylation sites is 1. The van der Waals surface area contributed by atoms with Gasteiger partial charge in [0.15, 0.2) is 0 Å². The Kier molecular flexibility index (Phi) is 4.36. The molecule has 0 bridgehead atoms. The number of carboxylic acid groups (broad SMARTS) is 1. The van der Waals surface area contributed by atoms with Gasteiger partial charge >= 0.3 is 5.97 Å². The van der Waals surface area contributed by atoms with E-state index in [4.69, 9.17) is 16.7 Å². The second kappa shape index (κ2) is 6.45. The lowest BCUT2D eigenvalue weighted by atomic mass is 9.90. The monoisotopic (exact) mass is 343 g/mol. The molecule has 1 saturated heterocycles. The van der Waals surface area contributed by atoms with Crippen molar-refractivity contribution in [2.75, 3.05) is 4.90 Å². The zero-order valence-corrected chi connectivity index (χ0v) is 13.3. The topological polar surface area (TPSA) is 74.7 Å². The Morgan fingerprint density at radius 2 is 1.67 bits per heavy atom. The standard InChI is InChI=1S/C18H14ClNO4/c19-12-8-6-11(7-9-12)16-14(10-15(21)22)17(23)18(24)20(16)13-4-2-1-3-5-13/h1-9,14,16H,10H2,(H,21,22)/t14-,16-/m1/s1. The Bertz CT molecular complexity index is 788. The molecule has 24 heavy (non-hydrogen) atoms. The summed E-state index contributed by atoms with van der Waals surface area (Å²) in [7, 11) is 0. The summed E-state index contributed by atoms with van der Waals surface area (Å²) in [5, 5.41) is 9.66. The van der Waals surface area contributed by atoms with Crippen LogP contribution in [-0.2, 0) is 14.4 Å². The molecule has 0 spiro atoms. The van der Waals surface area contributed by atoms with E-state index in [1.807, 2.05) is 0 Å². The Morgan fingerprint density at radius 3 is 2.25 bits per heavy atom. The quantitative estimate of drug-likeness (QED) is 0.866. The maximum atomic E-state index is 12.5. The van der Waals surface area contributed by atoms with Gasteiger partial charge in [-0.2, -0.15) is 0 Å². The lowest BCUT2D eigenvalue weighted by Gasteiger charge is -2.27. The zero-order valence-electron chi connectivity index (χ0n) is 12.6. The SMILES string of the molecule is O=C(O)C[C@H]1C(=O)C(=O)N(c2ccccc2)[C@@H]1c1ccc(Cl)cc1. The van der Waals surface area contributed by atoms with E-state index in [1.54, 1.807) is 54.6 Å². The Hall–Kier alpha value is -2.66. The third-order valence-corrected chi connectivity index (χ3v) is 4.32. The fourth-order valence-electron chi connectivity index (χ4n) is 3.03. The van der Waals surface area contributed by atoms with Gasteiger partial charge in [-0.25, -0.2) is 0 Å². The summed E-state index contributed by atoms with van der Waals surface area (Å²) in [6.07, 6.45) is -0.402. The molecule has 5 nitrogen and oxygen atoms in total. The van der Waals surface area contributed by atoms with Gasteiger partial charge in [0.1, 0.15) is 0 Å². The van der Waals surface area contributed by atoms with Crippen LogP contribution in [0, 0.1) is 5.92 Å². The molecule has 0 aliphatic carbocycles. The van der Waals surface area contributed by atoms with Crippen LogP contribution in [0.25, 0.3) is 0 Å². The molecule has 1 heterocycles. The molecule has 2 aromatic carbocycles. The number of carbonyl (C=O) groups is 3. The maximum Gasteiger partial charge on any atom is 0.304 e. The van der Waals surface area contributed by atoms with Crippen molar-refractivity contribution < 1.29 is 19.5 Å². The van der Waals surface area contributed by atoms with Gasteiger partial charge < -0.3 is 5.11 Å². The summed E-state index contributed by atoms with van der Waals surface area (Å²) in [5.41, 5.74) is 1.23. The number of rotatable bonds is 4. The first-order valence-electron chi connectivity index (χ1n) is 7.38. The molecule has 0 radical (unpaired) electrons. The van der Waals surface area contributed by atoms with Crippen LogP contribution in [0.4, 0.5) is 5.69 Å². The van der Waals surface area contributed by atoms with Gasteiger partial charge in [-0.15, -0.1) is 0 Å². The zero-order chi connectivity index (χ0) is 17.3. The fourth-order valence-corrected chi connectivity index (χ4v) is 3.15. The van der Waals surface area contributed by atoms with E-state index in [1.165, 1.54) is 4.90 Å². The molecule has 1 aliphatic rings. The van der Waals surface area contributed by atoms with E-state index >= 15 is 0 Å². The molecule has 1 amide bonds. The highest BCUT2D eigenvalue weighted by molar-refractivity contribution is 6.45. The van der Waals surface area contributed by atoms with Gasteiger partial charge in [-0.1, -0.05) is 41.9 Å². The number of hydrogen-bond donors (Lipinski definition) is 1. The minimum atomic E-state index is -1.12. The minimum absolute atomic E-state index is 0.402. The summed E-state index contributed by atoms with van der Waals surface area (Å²) in [6.45, 7) is 0. The van der Waals surface area contributed by atoms with Gasteiger partial charge in [0.05, 0.1) is 18.4 Å². The lowest BCUT2D eigenvalue weighted by molar-refractivity contribution is -0.141. The molecule has 0 unspecified atom stereocenters. The predicted molar refractivity (Wildman–Crippen MR) is 88.9 cm³/mol. The number of aliphatic carboxylic acids is 1. The van der Waals surface area contributed by atoms with Crippen LogP contribution in [0.15, 0.2) is 54.6 Å². The Balaban J connectivity index is 2.11. The molecule has 6 heteroatoms. The van der Waals surface area contributed by atoms with Crippen LogP contribution in [0.5, 0.6) is 0 Å². The van der Waals surface area contributed by atoms with Crippen molar-refractivity contribution in [3.63, 3.8) is 0 Å². The van der Waals surface area contributed by atoms with Crippen molar-refractivity contribution in [1.82, 2.24) is 0 Å². The van der Waals surface area contributed by atoms with Gasteiger partial charge in [0.25, 0.3) is 5.91 Å². The third kappa shape index (κ3) is 2.90. The van der Waals surface area contributed by atoms with Gasteiger partial charge in [0.2, 0.25) is 5.78 Å². The van der Waals surface area contributed by atoms with Crippen LogP contribution >= 0.6 is 11.6 Å². The average molecular weight is 344 g/mol. The summed E-state index contributed by atoms with van der Waals surface area (Å²) < 4.78 is 0. The smallest absolute Gasteiger partial charge is 0.304 e. The minimum Gasteiger partial charge on any atom is -0.481 e. The number of anilines is 1. The largest absolute Gasteiger partial charge is 0.481 e. The van der Waals surface area contributed by atoms with Crippen LogP contribution < -0.4 is 4.90 Å². The van der Waals surface area contributed by atoms with Crippen molar-refractivity contribution in [2.24, 2.45) is 5.92 Å². The molecule has 2 aromatic rings. The van der Waals surface area contributed by atoms with Crippen LogP contribution in [0.1, 0.15) is 18.0 Å². The maximum absolute atomic E-state index is 12.5. The van der Waals surface area contributed by atoms with Crippen molar-refractivity contribution in [3.05, 3.63) is 65.2 Å². The first-order chi connectivity index (χ1) is 11.5. The number of carboxylic acids is 1. The molecular formula is C18H14ClNO4. The van der Waals surface area contributed by atoms with E-state index in [0.717, 1.165) is 0 Å². The fraction of sp³-hybridized carbons (Fsp3) is 0.167.